The molecule has 1 aromatic heterocycles. The lowest BCUT2D eigenvalue weighted by molar-refractivity contribution is -0.135. The van der Waals surface area contributed by atoms with E-state index in [0.29, 0.717) is 19.4 Å². The van der Waals surface area contributed by atoms with Crippen LogP contribution in [0.15, 0.2) is 0 Å². The number of thiazole rings is 1. The minimum atomic E-state index is -4.76. The number of halogens is 3. The minimum absolute atomic E-state index is 0.0781. The number of alkyl halides is 3. The number of amides is 1. The summed E-state index contributed by atoms with van der Waals surface area (Å²) in [6.45, 7) is 1.82. The van der Waals surface area contributed by atoms with Crippen LogP contribution in [0.1, 0.15) is 35.1 Å². The Hall–Kier alpha value is -1.68. The van der Waals surface area contributed by atoms with Crippen LogP contribution in [0.5, 0.6) is 0 Å². The monoisotopic (exact) mass is 338 g/mol. The number of anilines is 1. The van der Waals surface area contributed by atoms with Crippen LogP contribution in [0.2, 0.25) is 0 Å². The highest BCUT2D eigenvalue weighted by Gasteiger charge is 2.40. The summed E-state index contributed by atoms with van der Waals surface area (Å²) in [5.74, 6) is -1.75. The number of ether oxygens (including phenoxy) is 2. The van der Waals surface area contributed by atoms with Crippen LogP contribution in [0, 0.1) is 0 Å². The number of esters is 1. The number of hydrogen-bond acceptors (Lipinski definition) is 6. The van der Waals surface area contributed by atoms with Gasteiger partial charge in [0.15, 0.2) is 10.8 Å². The van der Waals surface area contributed by atoms with Crippen LogP contribution in [-0.4, -0.2) is 36.2 Å². The molecule has 0 bridgehead atoms. The second-order valence-electron chi connectivity index (χ2n) is 4.41. The van der Waals surface area contributed by atoms with Crippen molar-refractivity contribution in [2.24, 2.45) is 0 Å². The molecule has 10 heteroatoms. The molecular weight excluding hydrogens is 325 g/mol. The van der Waals surface area contributed by atoms with Gasteiger partial charge in [0.25, 0.3) is 5.91 Å². The number of aromatic nitrogens is 1. The van der Waals surface area contributed by atoms with E-state index in [-0.39, 0.29) is 23.1 Å². The second kappa shape index (κ2) is 6.61. The molecule has 1 aliphatic rings. The zero-order valence-corrected chi connectivity index (χ0v) is 12.3. The number of nitrogens with one attached hydrogen (secondary N) is 1. The summed E-state index contributed by atoms with van der Waals surface area (Å²) in [6, 6.07) is 0. The van der Waals surface area contributed by atoms with Gasteiger partial charge in [-0.25, -0.2) is 9.78 Å². The minimum Gasteiger partial charge on any atom is -0.461 e. The van der Waals surface area contributed by atoms with Gasteiger partial charge in [-0.15, -0.1) is 0 Å². The fraction of sp³-hybridized carbons (Fsp3) is 0.583. The molecule has 0 aromatic carbocycles. The van der Waals surface area contributed by atoms with Crippen LogP contribution in [0.25, 0.3) is 0 Å². The zero-order chi connectivity index (χ0) is 16.3. The van der Waals surface area contributed by atoms with Gasteiger partial charge < -0.3 is 9.47 Å². The van der Waals surface area contributed by atoms with Crippen molar-refractivity contribution in [1.82, 2.24) is 4.98 Å². The standard InChI is InChI=1S/C12H13F3N2O4S/c1-2-20-10(19)7-8(12(13,14)15)22-11(16-7)17-9(18)6-4-3-5-21-6/h6H,2-5H2,1H3,(H,16,17,18). The fourth-order valence-electron chi connectivity index (χ4n) is 1.87. The van der Waals surface area contributed by atoms with E-state index in [0.717, 1.165) is 0 Å². The Labute approximate surface area is 127 Å². The molecule has 1 aliphatic heterocycles. The molecule has 1 aromatic rings. The molecule has 1 saturated heterocycles. The van der Waals surface area contributed by atoms with Crippen LogP contribution in [-0.2, 0) is 20.4 Å². The second-order valence-corrected chi connectivity index (χ2v) is 5.40. The first-order chi connectivity index (χ1) is 10.3. The van der Waals surface area contributed by atoms with Crippen molar-refractivity contribution in [1.29, 1.82) is 0 Å². The third-order valence-electron chi connectivity index (χ3n) is 2.81. The first-order valence-electron chi connectivity index (χ1n) is 6.50. The molecular formula is C12H13F3N2O4S. The largest absolute Gasteiger partial charge is 0.461 e. The van der Waals surface area contributed by atoms with Crippen LogP contribution >= 0.6 is 11.3 Å². The van der Waals surface area contributed by atoms with Crippen LogP contribution in [0.3, 0.4) is 0 Å². The molecule has 0 spiro atoms. The van der Waals surface area contributed by atoms with E-state index in [1.807, 2.05) is 0 Å². The lowest BCUT2D eigenvalue weighted by Crippen LogP contribution is -2.26. The van der Waals surface area contributed by atoms with Crippen LogP contribution in [0.4, 0.5) is 18.3 Å². The maximum Gasteiger partial charge on any atom is 0.428 e. The highest BCUT2D eigenvalue weighted by Crippen LogP contribution is 2.38. The van der Waals surface area contributed by atoms with Gasteiger partial charge in [0.05, 0.1) is 6.61 Å². The Morgan fingerprint density at radius 2 is 2.23 bits per heavy atom. The van der Waals surface area contributed by atoms with Crippen molar-refractivity contribution in [2.45, 2.75) is 32.0 Å². The Morgan fingerprint density at radius 1 is 1.50 bits per heavy atom. The molecule has 1 amide bonds. The van der Waals surface area contributed by atoms with E-state index >= 15 is 0 Å². The van der Waals surface area contributed by atoms with Crippen molar-refractivity contribution in [3.63, 3.8) is 0 Å². The number of nitrogens with zero attached hydrogens (tertiary/aromatic N) is 1. The first kappa shape index (κ1) is 16.7. The van der Waals surface area contributed by atoms with Gasteiger partial charge >= 0.3 is 12.1 Å². The third-order valence-corrected chi connectivity index (χ3v) is 3.82. The number of rotatable bonds is 4. The summed E-state index contributed by atoms with van der Waals surface area (Å²) < 4.78 is 48.5. The van der Waals surface area contributed by atoms with Gasteiger partial charge in [-0.1, -0.05) is 11.3 Å². The molecule has 22 heavy (non-hydrogen) atoms. The maximum absolute atomic E-state index is 12.9. The summed E-state index contributed by atoms with van der Waals surface area (Å²) in [6.07, 6.45) is -4.26. The molecule has 2 rings (SSSR count). The van der Waals surface area contributed by atoms with E-state index in [1.54, 1.807) is 0 Å². The summed E-state index contributed by atoms with van der Waals surface area (Å²) in [4.78, 5) is 25.7. The van der Waals surface area contributed by atoms with Crippen molar-refractivity contribution in [2.75, 3.05) is 18.5 Å². The molecule has 122 valence electrons. The fourth-order valence-corrected chi connectivity index (χ4v) is 2.70. The highest BCUT2D eigenvalue weighted by atomic mass is 32.1. The lowest BCUT2D eigenvalue weighted by Gasteiger charge is -2.07. The van der Waals surface area contributed by atoms with Gasteiger partial charge in [-0.3, -0.25) is 10.1 Å². The van der Waals surface area contributed by atoms with Crippen molar-refractivity contribution in [3.8, 4) is 0 Å². The highest BCUT2D eigenvalue weighted by molar-refractivity contribution is 7.16. The zero-order valence-electron chi connectivity index (χ0n) is 11.5. The molecule has 0 radical (unpaired) electrons. The Balaban J connectivity index is 2.21. The predicted molar refractivity (Wildman–Crippen MR) is 70.7 cm³/mol. The molecule has 6 nitrogen and oxygen atoms in total. The summed E-state index contributed by atoms with van der Waals surface area (Å²) in [5.41, 5.74) is -0.845. The smallest absolute Gasteiger partial charge is 0.428 e. The van der Waals surface area contributed by atoms with Crippen molar-refractivity contribution < 1.29 is 32.2 Å². The van der Waals surface area contributed by atoms with E-state index in [1.165, 1.54) is 6.92 Å². The average Bonchev–Trinajstić information content (AvgIpc) is 3.07. The van der Waals surface area contributed by atoms with Crippen molar-refractivity contribution >= 4 is 28.3 Å². The first-order valence-corrected chi connectivity index (χ1v) is 7.32. The van der Waals surface area contributed by atoms with Gasteiger partial charge in [0.2, 0.25) is 0 Å². The Kier molecular flexibility index (Phi) is 5.01. The number of carbonyl (C=O) groups is 2. The molecule has 1 atom stereocenters. The quantitative estimate of drug-likeness (QED) is 0.854. The maximum atomic E-state index is 12.9. The summed E-state index contributed by atoms with van der Waals surface area (Å²) in [5, 5.41) is 1.94. The molecule has 0 aliphatic carbocycles. The number of hydrogen-bond donors (Lipinski definition) is 1. The van der Waals surface area contributed by atoms with E-state index in [4.69, 9.17) is 4.74 Å². The van der Waals surface area contributed by atoms with E-state index < -0.39 is 34.7 Å². The molecule has 1 N–H and O–H groups in total. The Morgan fingerprint density at radius 3 is 2.77 bits per heavy atom. The number of carbonyl (C=O) groups excluding carboxylic acids is 2. The average molecular weight is 338 g/mol. The SMILES string of the molecule is CCOC(=O)c1nc(NC(=O)C2CCCO2)sc1C(F)(F)F. The van der Waals surface area contributed by atoms with Crippen LogP contribution < -0.4 is 5.32 Å². The van der Waals surface area contributed by atoms with E-state index in [9.17, 15) is 22.8 Å². The third kappa shape index (κ3) is 3.74. The summed E-state index contributed by atoms with van der Waals surface area (Å²) in [7, 11) is 0. The van der Waals surface area contributed by atoms with Gasteiger partial charge in [0, 0.05) is 6.61 Å². The Bertz CT molecular complexity index is 567. The predicted octanol–water partition coefficient (Wildman–Crippen LogP) is 2.46. The van der Waals surface area contributed by atoms with Crippen molar-refractivity contribution in [3.05, 3.63) is 10.6 Å². The molecule has 2 heterocycles. The molecule has 0 saturated carbocycles. The lowest BCUT2D eigenvalue weighted by atomic mass is 10.2. The summed E-state index contributed by atoms with van der Waals surface area (Å²) >= 11 is 0.183. The normalized spacial score (nSPS) is 18.3. The molecule has 1 fully saturated rings. The van der Waals surface area contributed by atoms with E-state index in [2.05, 4.69) is 15.0 Å². The van der Waals surface area contributed by atoms with Gasteiger partial charge in [-0.2, -0.15) is 13.2 Å². The molecule has 1 unspecified atom stereocenters. The van der Waals surface area contributed by atoms with Gasteiger partial charge in [-0.05, 0) is 19.8 Å². The topological polar surface area (TPSA) is 77.5 Å². The van der Waals surface area contributed by atoms with Gasteiger partial charge in [0.1, 0.15) is 11.0 Å².